The van der Waals surface area contributed by atoms with E-state index in [0.29, 0.717) is 25.1 Å². The number of carboxylic acid groups (broad SMARTS) is 1. The Morgan fingerprint density at radius 2 is 2.13 bits per heavy atom. The zero-order valence-electron chi connectivity index (χ0n) is 12.8. The first kappa shape index (κ1) is 17.7. The molecule has 1 N–H and O–H groups in total. The molecule has 2 atom stereocenters. The van der Waals surface area contributed by atoms with Gasteiger partial charge in [-0.25, -0.2) is 0 Å². The number of thiocarbonyl (C=S) groups is 1. The number of hydrogen-bond acceptors (Lipinski definition) is 5. The fourth-order valence-electron chi connectivity index (χ4n) is 2.59. The summed E-state index contributed by atoms with van der Waals surface area (Å²) >= 11 is 6.30. The zero-order chi connectivity index (χ0) is 16.8. The second-order valence-corrected chi connectivity index (χ2v) is 6.83. The minimum absolute atomic E-state index is 0.0380. The average Bonchev–Trinajstić information content (AvgIpc) is 2.93. The van der Waals surface area contributed by atoms with E-state index in [1.54, 1.807) is 29.2 Å². The number of benzene rings is 1. The second-order valence-electron chi connectivity index (χ2n) is 5.11. The number of carbonyl (C=O) groups is 2. The molecule has 0 saturated carbocycles. The molecule has 7 heteroatoms. The summed E-state index contributed by atoms with van der Waals surface area (Å²) in [7, 11) is 0. The summed E-state index contributed by atoms with van der Waals surface area (Å²) in [4.78, 5) is 25.7. The predicted octanol–water partition coefficient (Wildman–Crippen LogP) is 2.86. The van der Waals surface area contributed by atoms with E-state index in [9.17, 15) is 14.7 Å². The Balaban J connectivity index is 2.34. The third-order valence-electron chi connectivity index (χ3n) is 3.61. The lowest BCUT2D eigenvalue weighted by atomic mass is 9.98. The molecule has 124 valence electrons. The van der Waals surface area contributed by atoms with Gasteiger partial charge in [-0.3, -0.25) is 9.59 Å². The minimum Gasteiger partial charge on any atom is -0.481 e. The van der Waals surface area contributed by atoms with Crippen LogP contribution in [0.5, 0.6) is 0 Å². The van der Waals surface area contributed by atoms with Gasteiger partial charge in [0.05, 0.1) is 6.61 Å². The number of nitrogens with zero attached hydrogens (tertiary/aromatic N) is 1. The van der Waals surface area contributed by atoms with Crippen LogP contribution in [0.15, 0.2) is 30.3 Å². The lowest BCUT2D eigenvalue weighted by Crippen LogP contribution is -2.41. The highest BCUT2D eigenvalue weighted by molar-refractivity contribution is 8.23. The van der Waals surface area contributed by atoms with Gasteiger partial charge >= 0.3 is 5.97 Å². The molecule has 5 nitrogen and oxygen atoms in total. The van der Waals surface area contributed by atoms with Crippen LogP contribution < -0.4 is 0 Å². The van der Waals surface area contributed by atoms with Crippen molar-refractivity contribution < 1.29 is 19.4 Å². The Morgan fingerprint density at radius 3 is 2.65 bits per heavy atom. The lowest BCUT2D eigenvalue weighted by molar-refractivity contribution is -0.140. The molecule has 0 bridgehead atoms. The van der Waals surface area contributed by atoms with Crippen molar-refractivity contribution in [2.45, 2.75) is 31.1 Å². The largest absolute Gasteiger partial charge is 0.481 e. The van der Waals surface area contributed by atoms with E-state index >= 15 is 0 Å². The van der Waals surface area contributed by atoms with Gasteiger partial charge in [-0.1, -0.05) is 42.1 Å². The number of aliphatic carboxylic acids is 1. The van der Waals surface area contributed by atoms with Crippen molar-refractivity contribution in [1.82, 2.24) is 4.90 Å². The molecule has 0 spiro atoms. The standard InChI is InChI=1S/C16H19NO4S2/c1-2-21-16(22)23-14(17-10-6-9-12(17)18)13(15(19)20)11-7-4-3-5-8-11/h3-5,7-8,13-14H,2,6,9-10H2,1H3,(H,19,20). The Bertz CT molecular complexity index is 579. The minimum atomic E-state index is -0.979. The maximum absolute atomic E-state index is 12.1. The number of amides is 1. The summed E-state index contributed by atoms with van der Waals surface area (Å²) < 4.78 is 5.56. The van der Waals surface area contributed by atoms with Crippen LogP contribution in [0, 0.1) is 0 Å². The van der Waals surface area contributed by atoms with Crippen LogP contribution in [0.25, 0.3) is 0 Å². The number of likely N-dealkylation sites (tertiary alicyclic amines) is 1. The summed E-state index contributed by atoms with van der Waals surface area (Å²) in [5.41, 5.74) is 0.650. The van der Waals surface area contributed by atoms with Gasteiger partial charge < -0.3 is 14.7 Å². The van der Waals surface area contributed by atoms with Crippen LogP contribution in [0.2, 0.25) is 0 Å². The SMILES string of the molecule is CCOC(=S)SC(C(C(=O)O)c1ccccc1)N1CCCC1=O. The number of hydrogen-bond donors (Lipinski definition) is 1. The Labute approximate surface area is 145 Å². The molecular weight excluding hydrogens is 334 g/mol. The van der Waals surface area contributed by atoms with Gasteiger partial charge in [0.25, 0.3) is 0 Å². The van der Waals surface area contributed by atoms with E-state index in [1.165, 1.54) is 0 Å². The van der Waals surface area contributed by atoms with E-state index < -0.39 is 17.3 Å². The van der Waals surface area contributed by atoms with Crippen molar-refractivity contribution in [2.24, 2.45) is 0 Å². The van der Waals surface area contributed by atoms with E-state index in [1.807, 2.05) is 13.0 Å². The predicted molar refractivity (Wildman–Crippen MR) is 93.4 cm³/mol. The van der Waals surface area contributed by atoms with E-state index in [4.69, 9.17) is 17.0 Å². The molecule has 0 radical (unpaired) electrons. The van der Waals surface area contributed by atoms with Gasteiger partial charge in [-0.2, -0.15) is 0 Å². The molecule has 0 aromatic heterocycles. The third kappa shape index (κ3) is 4.45. The molecule has 1 aromatic rings. The van der Waals surface area contributed by atoms with Gasteiger partial charge in [-0.05, 0) is 31.1 Å². The van der Waals surface area contributed by atoms with E-state index in [2.05, 4.69) is 0 Å². The summed E-state index contributed by atoms with van der Waals surface area (Å²) in [5.74, 6) is -1.88. The number of ether oxygens (including phenoxy) is 1. The molecule has 1 heterocycles. The van der Waals surface area contributed by atoms with Crippen LogP contribution >= 0.6 is 24.0 Å². The first-order valence-corrected chi connectivity index (χ1v) is 8.74. The van der Waals surface area contributed by atoms with Gasteiger partial charge in [0.1, 0.15) is 11.3 Å². The normalized spacial score (nSPS) is 16.9. The van der Waals surface area contributed by atoms with Crippen LogP contribution in [0.4, 0.5) is 0 Å². The van der Waals surface area contributed by atoms with Crippen LogP contribution in [0.1, 0.15) is 31.2 Å². The van der Waals surface area contributed by atoms with Crippen molar-refractivity contribution in [2.75, 3.05) is 13.2 Å². The molecule has 2 unspecified atom stereocenters. The van der Waals surface area contributed by atoms with Crippen LogP contribution in [-0.4, -0.2) is 44.8 Å². The van der Waals surface area contributed by atoms with Gasteiger partial charge in [0, 0.05) is 13.0 Å². The van der Waals surface area contributed by atoms with Crippen molar-refractivity contribution in [3.8, 4) is 0 Å². The van der Waals surface area contributed by atoms with Crippen LogP contribution in [0.3, 0.4) is 0 Å². The molecule has 0 aliphatic carbocycles. The smallest absolute Gasteiger partial charge is 0.314 e. The third-order valence-corrected chi connectivity index (χ3v) is 5.09. The molecule has 1 saturated heterocycles. The van der Waals surface area contributed by atoms with Crippen molar-refractivity contribution in [3.05, 3.63) is 35.9 Å². The molecular formula is C16H19NO4S2. The lowest BCUT2D eigenvalue weighted by Gasteiger charge is -2.32. The van der Waals surface area contributed by atoms with Crippen LogP contribution in [-0.2, 0) is 14.3 Å². The monoisotopic (exact) mass is 353 g/mol. The molecule has 1 fully saturated rings. The summed E-state index contributed by atoms with van der Waals surface area (Å²) in [6.45, 7) is 2.77. The Kier molecular flexibility index (Phi) is 6.41. The second kappa shape index (κ2) is 8.31. The Hall–Kier alpha value is -1.60. The number of carbonyl (C=O) groups excluding carboxylic acids is 1. The highest BCUT2D eigenvalue weighted by Crippen LogP contribution is 2.35. The van der Waals surface area contributed by atoms with Crippen molar-refractivity contribution in [3.63, 3.8) is 0 Å². The molecule has 1 aromatic carbocycles. The Morgan fingerprint density at radius 1 is 1.43 bits per heavy atom. The highest BCUT2D eigenvalue weighted by atomic mass is 32.2. The van der Waals surface area contributed by atoms with Gasteiger partial charge in [0.15, 0.2) is 0 Å². The topological polar surface area (TPSA) is 66.8 Å². The van der Waals surface area contributed by atoms with Crippen molar-refractivity contribution in [1.29, 1.82) is 0 Å². The molecule has 1 amide bonds. The molecule has 2 rings (SSSR count). The first-order chi connectivity index (χ1) is 11.0. The van der Waals surface area contributed by atoms with Crippen molar-refractivity contribution >= 4 is 40.2 Å². The summed E-state index contributed by atoms with van der Waals surface area (Å²) in [6, 6.07) is 8.93. The fourth-order valence-corrected chi connectivity index (χ4v) is 4.15. The number of carboxylic acids is 1. The highest BCUT2D eigenvalue weighted by Gasteiger charge is 2.39. The van der Waals surface area contributed by atoms with E-state index in [0.717, 1.165) is 18.2 Å². The van der Waals surface area contributed by atoms with E-state index in [-0.39, 0.29) is 10.3 Å². The maximum Gasteiger partial charge on any atom is 0.314 e. The number of rotatable bonds is 6. The fraction of sp³-hybridized carbons (Fsp3) is 0.438. The maximum atomic E-state index is 12.1. The molecule has 1 aliphatic rings. The summed E-state index contributed by atoms with van der Waals surface area (Å²) in [6.07, 6.45) is 1.18. The molecule has 1 aliphatic heterocycles. The van der Waals surface area contributed by atoms with Gasteiger partial charge in [0.2, 0.25) is 10.3 Å². The summed E-state index contributed by atoms with van der Waals surface area (Å²) in [5, 5.41) is 9.14. The van der Waals surface area contributed by atoms with Gasteiger partial charge in [-0.15, -0.1) is 0 Å². The first-order valence-electron chi connectivity index (χ1n) is 7.45. The average molecular weight is 353 g/mol. The zero-order valence-corrected chi connectivity index (χ0v) is 14.4. The number of thioether (sulfide) groups is 1. The molecule has 23 heavy (non-hydrogen) atoms. The quantitative estimate of drug-likeness (QED) is 0.793.